The Hall–Kier alpha value is -2.00. The van der Waals surface area contributed by atoms with E-state index in [1.165, 1.54) is 11.6 Å². The lowest BCUT2D eigenvalue weighted by Gasteiger charge is -2.39. The highest BCUT2D eigenvalue weighted by molar-refractivity contribution is 7.91. The quantitative estimate of drug-likeness (QED) is 0.454. The van der Waals surface area contributed by atoms with Gasteiger partial charge in [-0.15, -0.1) is 0 Å². The molecular formula is C27H37FN2O4S. The van der Waals surface area contributed by atoms with E-state index in [0.29, 0.717) is 31.7 Å². The zero-order chi connectivity index (χ0) is 25.2. The molecule has 0 bridgehead atoms. The molecule has 192 valence electrons. The number of aliphatic hydroxyl groups is 1. The van der Waals surface area contributed by atoms with Crippen LogP contribution in [0.4, 0.5) is 10.1 Å². The van der Waals surface area contributed by atoms with Crippen LogP contribution in [0.2, 0.25) is 0 Å². The van der Waals surface area contributed by atoms with Crippen LogP contribution in [-0.2, 0) is 39.4 Å². The minimum Gasteiger partial charge on any atom is -0.396 e. The average molecular weight is 505 g/mol. The van der Waals surface area contributed by atoms with Crippen LogP contribution in [0.25, 0.3) is 0 Å². The normalized spacial score (nSPS) is 25.2. The van der Waals surface area contributed by atoms with Gasteiger partial charge in [-0.3, -0.25) is 0 Å². The van der Waals surface area contributed by atoms with Gasteiger partial charge in [0.25, 0.3) is 0 Å². The lowest BCUT2D eigenvalue weighted by Crippen LogP contribution is -2.54. The van der Waals surface area contributed by atoms with E-state index in [0.717, 1.165) is 24.0 Å². The number of hydrogen-bond acceptors (Lipinski definition) is 6. The summed E-state index contributed by atoms with van der Waals surface area (Å²) in [6.45, 7) is 6.06. The van der Waals surface area contributed by atoms with E-state index in [1.54, 1.807) is 0 Å². The fraction of sp³-hybridized carbons (Fsp3) is 0.556. The molecular weight excluding hydrogens is 467 g/mol. The van der Waals surface area contributed by atoms with Gasteiger partial charge in [0.05, 0.1) is 36.5 Å². The number of nitrogens with one attached hydrogen (secondary N) is 1. The van der Waals surface area contributed by atoms with Crippen molar-refractivity contribution in [2.45, 2.75) is 63.6 Å². The number of benzene rings is 2. The molecule has 2 aromatic carbocycles. The second-order valence-corrected chi connectivity index (χ2v) is 12.7. The highest BCUT2D eigenvalue weighted by Crippen LogP contribution is 2.32. The number of nitrogen functional groups attached to an aromatic ring is 1. The monoisotopic (exact) mass is 504 g/mol. The summed E-state index contributed by atoms with van der Waals surface area (Å²) in [5.74, 6) is -1.24. The molecule has 2 heterocycles. The minimum absolute atomic E-state index is 0.0130. The van der Waals surface area contributed by atoms with Crippen molar-refractivity contribution in [1.82, 2.24) is 5.32 Å². The van der Waals surface area contributed by atoms with Crippen molar-refractivity contribution in [2.75, 3.05) is 30.5 Å². The Kier molecular flexibility index (Phi) is 7.86. The van der Waals surface area contributed by atoms with Crippen molar-refractivity contribution in [1.29, 1.82) is 0 Å². The van der Waals surface area contributed by atoms with E-state index in [-0.39, 0.29) is 29.0 Å². The SMILES string of the molecule is CCCCc1cc(C[C@@H]2CS(=O)(=O)C[C@H](NCc3cccc(C4(C)COC4)c3)[C@H]2O)cc(F)c1N. The number of halogens is 1. The lowest BCUT2D eigenvalue weighted by molar-refractivity contribution is -0.0500. The molecule has 3 atom stereocenters. The van der Waals surface area contributed by atoms with Crippen molar-refractivity contribution >= 4 is 15.5 Å². The molecule has 2 aliphatic heterocycles. The van der Waals surface area contributed by atoms with Crippen LogP contribution in [-0.4, -0.2) is 50.4 Å². The third-order valence-electron chi connectivity index (χ3n) is 7.40. The molecule has 0 radical (unpaired) electrons. The van der Waals surface area contributed by atoms with Crippen LogP contribution in [0.3, 0.4) is 0 Å². The number of rotatable bonds is 9. The lowest BCUT2D eigenvalue weighted by atomic mass is 9.80. The second-order valence-electron chi connectivity index (χ2n) is 10.5. The Morgan fingerprint density at radius 1 is 1.20 bits per heavy atom. The van der Waals surface area contributed by atoms with Gasteiger partial charge in [-0.2, -0.15) is 0 Å². The zero-order valence-electron chi connectivity index (χ0n) is 20.6. The van der Waals surface area contributed by atoms with Gasteiger partial charge in [0.15, 0.2) is 9.84 Å². The molecule has 8 heteroatoms. The molecule has 0 unspecified atom stereocenters. The summed E-state index contributed by atoms with van der Waals surface area (Å²) >= 11 is 0. The van der Waals surface area contributed by atoms with Crippen LogP contribution < -0.4 is 11.1 Å². The Labute approximate surface area is 208 Å². The molecule has 4 N–H and O–H groups in total. The number of aryl methyl sites for hydroxylation is 1. The van der Waals surface area contributed by atoms with Gasteiger partial charge in [0.1, 0.15) is 5.82 Å². The molecule has 2 saturated heterocycles. The molecule has 0 amide bonds. The van der Waals surface area contributed by atoms with Crippen LogP contribution in [0.15, 0.2) is 36.4 Å². The molecule has 0 spiro atoms. The maximum atomic E-state index is 14.5. The third-order valence-corrected chi connectivity index (χ3v) is 9.21. The summed E-state index contributed by atoms with van der Waals surface area (Å²) < 4.78 is 45.3. The standard InChI is InChI=1S/C27H37FN2O4S/c1-3-4-7-20-9-19(12-23(28)25(20)29)10-21-14-35(32,33)15-24(26(21)31)30-13-18-6-5-8-22(11-18)27(2)16-34-17-27/h5-6,8-9,11-12,21,24,26,30-31H,3-4,7,10,13-17,29H2,1-2H3/t21-,24+,26+/m1/s1. The topological polar surface area (TPSA) is 102 Å². The first kappa shape index (κ1) is 26.1. The molecule has 0 aliphatic carbocycles. The van der Waals surface area contributed by atoms with Crippen LogP contribution >= 0.6 is 0 Å². The Morgan fingerprint density at radius 3 is 2.66 bits per heavy atom. The van der Waals surface area contributed by atoms with E-state index in [2.05, 4.69) is 31.3 Å². The summed E-state index contributed by atoms with van der Waals surface area (Å²) in [5.41, 5.74) is 9.74. The Bertz CT molecular complexity index is 1150. The first-order chi connectivity index (χ1) is 16.6. The smallest absolute Gasteiger partial charge is 0.152 e. The van der Waals surface area contributed by atoms with Crippen molar-refractivity contribution in [3.8, 4) is 0 Å². The second kappa shape index (κ2) is 10.5. The van der Waals surface area contributed by atoms with Crippen LogP contribution in [0.5, 0.6) is 0 Å². The molecule has 2 fully saturated rings. The van der Waals surface area contributed by atoms with Gasteiger partial charge in [-0.05, 0) is 47.6 Å². The summed E-state index contributed by atoms with van der Waals surface area (Å²) in [4.78, 5) is 0. The fourth-order valence-corrected chi connectivity index (χ4v) is 7.13. The molecule has 35 heavy (non-hydrogen) atoms. The van der Waals surface area contributed by atoms with Crippen molar-refractivity contribution in [2.24, 2.45) is 5.92 Å². The highest BCUT2D eigenvalue weighted by atomic mass is 32.2. The average Bonchev–Trinajstić information content (AvgIpc) is 2.80. The van der Waals surface area contributed by atoms with Crippen LogP contribution in [0.1, 0.15) is 48.9 Å². The van der Waals surface area contributed by atoms with Gasteiger partial charge < -0.3 is 20.9 Å². The van der Waals surface area contributed by atoms with E-state index < -0.39 is 33.7 Å². The van der Waals surface area contributed by atoms with Crippen molar-refractivity contribution < 1.29 is 22.7 Å². The molecule has 0 aromatic heterocycles. The number of unbranched alkanes of at least 4 members (excludes halogenated alkanes) is 1. The van der Waals surface area contributed by atoms with E-state index in [4.69, 9.17) is 10.5 Å². The Balaban J connectivity index is 1.46. The summed E-state index contributed by atoms with van der Waals surface area (Å²) in [6, 6.07) is 10.8. The first-order valence-electron chi connectivity index (χ1n) is 12.5. The summed E-state index contributed by atoms with van der Waals surface area (Å²) in [5, 5.41) is 14.4. The number of anilines is 1. The molecule has 0 saturated carbocycles. The molecule has 2 aliphatic rings. The molecule has 2 aromatic rings. The van der Waals surface area contributed by atoms with E-state index in [1.807, 2.05) is 18.2 Å². The van der Waals surface area contributed by atoms with Crippen molar-refractivity contribution in [3.63, 3.8) is 0 Å². The molecule has 6 nitrogen and oxygen atoms in total. The first-order valence-corrected chi connectivity index (χ1v) is 14.3. The number of ether oxygens (including phenoxy) is 1. The fourth-order valence-electron chi connectivity index (χ4n) is 5.17. The predicted octanol–water partition coefficient (Wildman–Crippen LogP) is 3.14. The van der Waals surface area contributed by atoms with E-state index >= 15 is 0 Å². The van der Waals surface area contributed by atoms with Gasteiger partial charge in [0, 0.05) is 23.9 Å². The maximum absolute atomic E-state index is 14.5. The van der Waals surface area contributed by atoms with Gasteiger partial charge in [0.2, 0.25) is 0 Å². The molecule has 4 rings (SSSR count). The summed E-state index contributed by atoms with van der Waals surface area (Å²) in [7, 11) is -3.36. The van der Waals surface area contributed by atoms with Gasteiger partial charge >= 0.3 is 0 Å². The van der Waals surface area contributed by atoms with Crippen LogP contribution in [0, 0.1) is 11.7 Å². The third kappa shape index (κ3) is 6.05. The number of nitrogens with two attached hydrogens (primary N) is 1. The highest BCUT2D eigenvalue weighted by Gasteiger charge is 2.39. The number of aliphatic hydroxyl groups excluding tert-OH is 1. The van der Waals surface area contributed by atoms with E-state index in [9.17, 15) is 17.9 Å². The van der Waals surface area contributed by atoms with Gasteiger partial charge in [-0.1, -0.05) is 50.6 Å². The zero-order valence-corrected chi connectivity index (χ0v) is 21.4. The Morgan fingerprint density at radius 2 is 1.97 bits per heavy atom. The van der Waals surface area contributed by atoms with Crippen molar-refractivity contribution in [3.05, 3.63) is 64.5 Å². The maximum Gasteiger partial charge on any atom is 0.152 e. The van der Waals surface area contributed by atoms with Gasteiger partial charge in [-0.25, -0.2) is 12.8 Å². The largest absolute Gasteiger partial charge is 0.396 e. The number of hydrogen-bond donors (Lipinski definition) is 3. The summed E-state index contributed by atoms with van der Waals surface area (Å²) in [6.07, 6.45) is 1.95. The predicted molar refractivity (Wildman–Crippen MR) is 137 cm³/mol. The number of sulfone groups is 1. The minimum atomic E-state index is -3.36.